The van der Waals surface area contributed by atoms with Gasteiger partial charge in [-0.1, -0.05) is 42.5 Å². The Kier molecular flexibility index (Phi) is 6.37. The highest BCUT2D eigenvalue weighted by Gasteiger charge is 2.34. The monoisotopic (exact) mass is 445 g/mol. The highest BCUT2D eigenvalue weighted by Crippen LogP contribution is 2.33. The number of esters is 1. The van der Waals surface area contributed by atoms with E-state index < -0.39 is 5.97 Å². The zero-order chi connectivity index (χ0) is 22.5. The lowest BCUT2D eigenvalue weighted by atomic mass is 10.2. The molecule has 0 aromatic heterocycles. The molecule has 0 atom stereocenters. The van der Waals surface area contributed by atoms with Crippen LogP contribution in [0.2, 0.25) is 0 Å². The van der Waals surface area contributed by atoms with Crippen LogP contribution >= 0.6 is 11.8 Å². The average molecular weight is 445 g/mol. The Balaban J connectivity index is 1.47. The summed E-state index contributed by atoms with van der Waals surface area (Å²) in [6.45, 7) is 0.225. The molecular weight excluding hydrogens is 426 g/mol. The zero-order valence-electron chi connectivity index (χ0n) is 17.2. The Morgan fingerprint density at radius 1 is 0.938 bits per heavy atom. The second-order valence-electron chi connectivity index (χ2n) is 6.94. The minimum atomic E-state index is -0.506. The quantitative estimate of drug-likeness (QED) is 0.297. The van der Waals surface area contributed by atoms with E-state index in [-0.39, 0.29) is 17.7 Å². The molecule has 4 rings (SSSR count). The average Bonchev–Trinajstić information content (AvgIpc) is 3.07. The predicted molar refractivity (Wildman–Crippen MR) is 122 cm³/mol. The molecule has 160 valence electrons. The Bertz CT molecular complexity index is 1190. The second kappa shape index (κ2) is 9.53. The lowest BCUT2D eigenvalue weighted by Gasteiger charge is -2.12. The van der Waals surface area contributed by atoms with E-state index in [1.807, 2.05) is 30.3 Å². The molecule has 1 saturated heterocycles. The largest absolute Gasteiger partial charge is 0.497 e. The van der Waals surface area contributed by atoms with E-state index in [9.17, 15) is 14.4 Å². The Morgan fingerprint density at radius 3 is 2.41 bits per heavy atom. The van der Waals surface area contributed by atoms with Gasteiger partial charge >= 0.3 is 5.97 Å². The SMILES string of the molecule is COc1ccc(C(=O)Oc2cccc(/C=C3\SC(=O)N(Cc4ccccc4)C3=O)c2)cc1. The third-order valence-electron chi connectivity index (χ3n) is 4.75. The van der Waals surface area contributed by atoms with Crippen molar-refractivity contribution in [3.8, 4) is 11.5 Å². The van der Waals surface area contributed by atoms with Crippen LogP contribution in [0.5, 0.6) is 11.5 Å². The van der Waals surface area contributed by atoms with Gasteiger partial charge < -0.3 is 9.47 Å². The van der Waals surface area contributed by atoms with E-state index in [0.717, 1.165) is 17.3 Å². The number of carbonyl (C=O) groups excluding carboxylic acids is 3. The molecule has 2 amide bonds. The molecule has 3 aromatic rings. The van der Waals surface area contributed by atoms with Crippen molar-refractivity contribution in [2.75, 3.05) is 7.11 Å². The second-order valence-corrected chi connectivity index (χ2v) is 7.94. The highest BCUT2D eigenvalue weighted by molar-refractivity contribution is 8.18. The molecule has 1 heterocycles. The molecule has 7 heteroatoms. The predicted octanol–water partition coefficient (Wildman–Crippen LogP) is 5.15. The first-order valence-corrected chi connectivity index (χ1v) is 10.6. The Labute approximate surface area is 189 Å². The van der Waals surface area contributed by atoms with Crippen LogP contribution in [0.25, 0.3) is 6.08 Å². The molecule has 0 bridgehead atoms. The number of ether oxygens (including phenoxy) is 2. The maximum absolute atomic E-state index is 12.7. The fourth-order valence-electron chi connectivity index (χ4n) is 3.11. The molecule has 1 aliphatic heterocycles. The van der Waals surface area contributed by atoms with Crippen LogP contribution in [0.1, 0.15) is 21.5 Å². The molecule has 0 aliphatic carbocycles. The molecule has 6 nitrogen and oxygen atoms in total. The first-order valence-electron chi connectivity index (χ1n) is 9.79. The van der Waals surface area contributed by atoms with Gasteiger partial charge in [0.1, 0.15) is 11.5 Å². The van der Waals surface area contributed by atoms with Gasteiger partial charge in [0.2, 0.25) is 0 Å². The van der Waals surface area contributed by atoms with E-state index >= 15 is 0 Å². The number of nitrogens with zero attached hydrogens (tertiary/aromatic N) is 1. The number of methoxy groups -OCH3 is 1. The number of carbonyl (C=O) groups is 3. The number of benzene rings is 3. The summed E-state index contributed by atoms with van der Waals surface area (Å²) in [4.78, 5) is 39.0. The summed E-state index contributed by atoms with van der Waals surface area (Å²) < 4.78 is 10.5. The van der Waals surface area contributed by atoms with Crippen molar-refractivity contribution in [3.63, 3.8) is 0 Å². The molecule has 32 heavy (non-hydrogen) atoms. The maximum atomic E-state index is 12.7. The van der Waals surface area contributed by atoms with Gasteiger partial charge in [-0.25, -0.2) is 4.79 Å². The smallest absolute Gasteiger partial charge is 0.343 e. The van der Waals surface area contributed by atoms with Crippen LogP contribution in [0.15, 0.2) is 83.8 Å². The standard InChI is InChI=1S/C25H19NO5S/c1-30-20-12-10-19(11-13-20)24(28)31-21-9-5-8-18(14-21)15-22-23(27)26(25(29)32-22)16-17-6-3-2-4-7-17/h2-15H,16H2,1H3/b22-15-. The molecule has 0 saturated carbocycles. The van der Waals surface area contributed by atoms with Gasteiger partial charge in [-0.2, -0.15) is 0 Å². The van der Waals surface area contributed by atoms with Gasteiger partial charge in [0.25, 0.3) is 11.1 Å². The van der Waals surface area contributed by atoms with Crippen molar-refractivity contribution in [1.29, 1.82) is 0 Å². The molecule has 0 spiro atoms. The summed E-state index contributed by atoms with van der Waals surface area (Å²) in [5.74, 6) is 0.130. The number of hydrogen-bond donors (Lipinski definition) is 0. The normalized spacial score (nSPS) is 14.7. The summed E-state index contributed by atoms with van der Waals surface area (Å²) in [5.41, 5.74) is 1.91. The van der Waals surface area contributed by atoms with Gasteiger partial charge in [-0.05, 0) is 65.4 Å². The van der Waals surface area contributed by atoms with E-state index in [1.54, 1.807) is 61.7 Å². The molecule has 0 unspecified atom stereocenters. The lowest BCUT2D eigenvalue weighted by Crippen LogP contribution is -2.27. The number of imide groups is 1. The van der Waals surface area contributed by atoms with Crippen LogP contribution in [-0.2, 0) is 11.3 Å². The van der Waals surface area contributed by atoms with Crippen LogP contribution in [-0.4, -0.2) is 29.1 Å². The van der Waals surface area contributed by atoms with Crippen LogP contribution in [0.4, 0.5) is 4.79 Å². The summed E-state index contributed by atoms with van der Waals surface area (Å²) >= 11 is 0.895. The maximum Gasteiger partial charge on any atom is 0.343 e. The highest BCUT2D eigenvalue weighted by atomic mass is 32.2. The summed E-state index contributed by atoms with van der Waals surface area (Å²) in [5, 5.41) is -0.313. The Morgan fingerprint density at radius 2 is 1.69 bits per heavy atom. The minimum Gasteiger partial charge on any atom is -0.497 e. The molecule has 1 aliphatic rings. The van der Waals surface area contributed by atoms with Crippen molar-refractivity contribution < 1.29 is 23.9 Å². The van der Waals surface area contributed by atoms with Crippen molar-refractivity contribution in [3.05, 3.63) is 100 Å². The molecule has 0 radical (unpaired) electrons. The summed E-state index contributed by atoms with van der Waals surface area (Å²) in [6, 6.07) is 22.7. The first kappa shape index (κ1) is 21.4. The fraction of sp³-hybridized carbons (Fsp3) is 0.0800. The minimum absolute atomic E-state index is 0.225. The summed E-state index contributed by atoms with van der Waals surface area (Å²) in [6.07, 6.45) is 1.63. The van der Waals surface area contributed by atoms with Gasteiger partial charge in [0.05, 0.1) is 24.1 Å². The third kappa shape index (κ3) is 4.90. The fourth-order valence-corrected chi connectivity index (χ4v) is 3.95. The van der Waals surface area contributed by atoms with Gasteiger partial charge in [-0.3, -0.25) is 14.5 Å². The molecule has 3 aromatic carbocycles. The van der Waals surface area contributed by atoms with Crippen LogP contribution < -0.4 is 9.47 Å². The van der Waals surface area contributed by atoms with E-state index in [2.05, 4.69) is 0 Å². The van der Waals surface area contributed by atoms with Crippen molar-refractivity contribution >= 4 is 35.0 Å². The number of hydrogen-bond acceptors (Lipinski definition) is 6. The van der Waals surface area contributed by atoms with E-state index in [1.165, 1.54) is 4.90 Å². The summed E-state index contributed by atoms with van der Waals surface area (Å²) in [7, 11) is 1.55. The van der Waals surface area contributed by atoms with Crippen molar-refractivity contribution in [2.45, 2.75) is 6.54 Å². The lowest BCUT2D eigenvalue weighted by molar-refractivity contribution is -0.123. The molecule has 1 fully saturated rings. The molecular formula is C25H19NO5S. The van der Waals surface area contributed by atoms with Crippen LogP contribution in [0.3, 0.4) is 0 Å². The topological polar surface area (TPSA) is 72.9 Å². The van der Waals surface area contributed by atoms with Crippen molar-refractivity contribution in [2.24, 2.45) is 0 Å². The number of amides is 2. The Hall–Kier alpha value is -3.84. The van der Waals surface area contributed by atoms with Gasteiger partial charge in [0, 0.05) is 0 Å². The number of thioether (sulfide) groups is 1. The van der Waals surface area contributed by atoms with Gasteiger partial charge in [0.15, 0.2) is 0 Å². The number of rotatable bonds is 6. The van der Waals surface area contributed by atoms with E-state index in [0.29, 0.717) is 27.5 Å². The molecule has 0 N–H and O–H groups in total. The van der Waals surface area contributed by atoms with Gasteiger partial charge in [-0.15, -0.1) is 0 Å². The zero-order valence-corrected chi connectivity index (χ0v) is 18.0. The first-order chi connectivity index (χ1) is 15.5. The van der Waals surface area contributed by atoms with E-state index in [4.69, 9.17) is 9.47 Å². The van der Waals surface area contributed by atoms with Crippen LogP contribution in [0, 0.1) is 0 Å². The third-order valence-corrected chi connectivity index (χ3v) is 5.66. The van der Waals surface area contributed by atoms with Crippen molar-refractivity contribution in [1.82, 2.24) is 4.90 Å².